The van der Waals surface area contributed by atoms with Gasteiger partial charge in [-0.25, -0.2) is 13.1 Å². The zero-order valence-corrected chi connectivity index (χ0v) is 11.8. The van der Waals surface area contributed by atoms with Gasteiger partial charge in [-0.3, -0.25) is 10.1 Å². The molecule has 1 aromatic heterocycles. The summed E-state index contributed by atoms with van der Waals surface area (Å²) in [6, 6.07) is 2.80. The average Bonchev–Trinajstić information content (AvgIpc) is 2.69. The predicted octanol–water partition coefficient (Wildman–Crippen LogP) is 2.14. The minimum atomic E-state index is -4.39. The normalized spacial score (nSPS) is 11.4. The van der Waals surface area contributed by atoms with Crippen molar-refractivity contribution in [1.29, 1.82) is 0 Å². The second-order valence-corrected chi connectivity index (χ2v) is 5.82. The van der Waals surface area contributed by atoms with E-state index < -0.39 is 31.3 Å². The maximum absolute atomic E-state index is 13.5. The van der Waals surface area contributed by atoms with Gasteiger partial charge in [0.25, 0.3) is 10.0 Å². The van der Waals surface area contributed by atoms with E-state index in [2.05, 4.69) is 5.16 Å². The number of hydrogen-bond donors (Lipinski definition) is 1. The van der Waals surface area contributed by atoms with E-state index in [9.17, 15) is 22.9 Å². The Morgan fingerprint density at radius 1 is 1.38 bits per heavy atom. The summed E-state index contributed by atoms with van der Waals surface area (Å²) in [5.41, 5.74) is -0.238. The van der Waals surface area contributed by atoms with Crippen LogP contribution in [0, 0.1) is 29.8 Å². The molecule has 0 saturated carbocycles. The van der Waals surface area contributed by atoms with Crippen molar-refractivity contribution in [2.75, 3.05) is 4.72 Å². The lowest BCUT2D eigenvalue weighted by atomic mass is 10.3. The van der Waals surface area contributed by atoms with Gasteiger partial charge in [0.1, 0.15) is 0 Å². The summed E-state index contributed by atoms with van der Waals surface area (Å²) in [6.07, 6.45) is 0. The fourth-order valence-corrected chi connectivity index (χ4v) is 2.81. The average molecular weight is 315 g/mol. The third-order valence-corrected chi connectivity index (χ3v) is 4.17. The van der Waals surface area contributed by atoms with Crippen molar-refractivity contribution < 1.29 is 22.3 Å². The lowest BCUT2D eigenvalue weighted by molar-refractivity contribution is -0.390. The van der Waals surface area contributed by atoms with Crippen LogP contribution in [0.4, 0.5) is 16.0 Å². The van der Waals surface area contributed by atoms with Crippen molar-refractivity contribution in [2.24, 2.45) is 0 Å². The van der Waals surface area contributed by atoms with E-state index in [1.807, 2.05) is 4.72 Å². The number of hydrogen-bond acceptors (Lipinski definition) is 6. The second-order valence-electron chi connectivity index (χ2n) is 4.17. The summed E-state index contributed by atoms with van der Waals surface area (Å²) in [6.45, 7) is 3.16. The lowest BCUT2D eigenvalue weighted by Gasteiger charge is -2.06. The van der Waals surface area contributed by atoms with Gasteiger partial charge in [0.05, 0.1) is 10.6 Å². The third kappa shape index (κ3) is 2.70. The number of benzene rings is 1. The summed E-state index contributed by atoms with van der Waals surface area (Å²) >= 11 is 0. The molecule has 0 spiro atoms. The molecule has 0 fully saturated rings. The van der Waals surface area contributed by atoms with Crippen LogP contribution < -0.4 is 4.72 Å². The summed E-state index contributed by atoms with van der Waals surface area (Å²) in [5, 5.41) is 14.4. The Bertz CT molecular complexity index is 815. The van der Waals surface area contributed by atoms with Gasteiger partial charge in [0.2, 0.25) is 11.7 Å². The second kappa shape index (κ2) is 5.13. The highest BCUT2D eigenvalue weighted by Crippen LogP contribution is 2.29. The summed E-state index contributed by atoms with van der Waals surface area (Å²) in [5.74, 6) is -1.42. The van der Waals surface area contributed by atoms with E-state index in [1.165, 1.54) is 0 Å². The number of sulfonamides is 1. The van der Waals surface area contributed by atoms with Gasteiger partial charge in [0.15, 0.2) is 4.90 Å². The zero-order chi connectivity index (χ0) is 15.8. The maximum Gasteiger partial charge on any atom is 0.325 e. The van der Waals surface area contributed by atoms with Crippen LogP contribution in [0.1, 0.15) is 11.3 Å². The molecule has 0 aliphatic carbocycles. The summed E-state index contributed by atoms with van der Waals surface area (Å²) in [4.78, 5) is 8.96. The number of nitrogens with one attached hydrogen (secondary N) is 1. The number of aromatic nitrogens is 1. The largest absolute Gasteiger partial charge is 0.337 e. The molecule has 0 aliphatic rings. The topological polar surface area (TPSA) is 115 Å². The molecule has 1 N–H and O–H groups in total. The van der Waals surface area contributed by atoms with Crippen molar-refractivity contribution in [1.82, 2.24) is 5.16 Å². The van der Waals surface area contributed by atoms with Crippen molar-refractivity contribution >= 4 is 21.6 Å². The van der Waals surface area contributed by atoms with E-state index in [0.717, 1.165) is 18.2 Å². The molecule has 112 valence electrons. The van der Waals surface area contributed by atoms with E-state index in [0.29, 0.717) is 11.3 Å². The molecule has 0 atom stereocenters. The van der Waals surface area contributed by atoms with Crippen molar-refractivity contribution in [3.8, 4) is 0 Å². The predicted molar refractivity (Wildman–Crippen MR) is 69.8 cm³/mol. The quantitative estimate of drug-likeness (QED) is 0.682. The number of nitro groups is 1. The molecule has 1 aromatic carbocycles. The number of aryl methyl sites for hydroxylation is 1. The molecule has 0 unspecified atom stereocenters. The van der Waals surface area contributed by atoms with E-state index in [1.54, 1.807) is 13.8 Å². The molecule has 1 heterocycles. The fourth-order valence-electron chi connectivity index (χ4n) is 1.58. The highest BCUT2D eigenvalue weighted by atomic mass is 32.2. The molecule has 0 amide bonds. The van der Waals surface area contributed by atoms with E-state index in [-0.39, 0.29) is 5.88 Å². The third-order valence-electron chi connectivity index (χ3n) is 2.81. The minimum absolute atomic E-state index is 0.175. The Morgan fingerprint density at radius 2 is 2.05 bits per heavy atom. The van der Waals surface area contributed by atoms with Crippen molar-refractivity contribution in [3.63, 3.8) is 0 Å². The highest BCUT2D eigenvalue weighted by molar-refractivity contribution is 7.92. The Balaban J connectivity index is 2.53. The number of para-hydroxylation sites is 1. The molecule has 0 saturated heterocycles. The molecule has 0 bridgehead atoms. The summed E-state index contributed by atoms with van der Waals surface area (Å²) in [7, 11) is -4.39. The first-order valence-electron chi connectivity index (χ1n) is 5.62. The first kappa shape index (κ1) is 14.9. The first-order valence-corrected chi connectivity index (χ1v) is 7.11. The number of nitro benzene ring substituents is 1. The first-order chi connectivity index (χ1) is 9.74. The minimum Gasteiger partial charge on any atom is -0.337 e. The smallest absolute Gasteiger partial charge is 0.325 e. The maximum atomic E-state index is 13.5. The van der Waals surface area contributed by atoms with Crippen LogP contribution >= 0.6 is 0 Å². The number of rotatable bonds is 4. The Kier molecular flexibility index (Phi) is 3.64. The van der Waals surface area contributed by atoms with Gasteiger partial charge < -0.3 is 4.52 Å². The Labute approximate surface area is 118 Å². The molecular weight excluding hydrogens is 305 g/mol. The van der Waals surface area contributed by atoms with Gasteiger partial charge in [-0.05, 0) is 26.0 Å². The van der Waals surface area contributed by atoms with E-state index in [4.69, 9.17) is 4.52 Å². The molecule has 8 nitrogen and oxygen atoms in total. The van der Waals surface area contributed by atoms with Crippen LogP contribution in [-0.2, 0) is 10.0 Å². The molecule has 10 heteroatoms. The fraction of sp³-hybridized carbons (Fsp3) is 0.182. The van der Waals surface area contributed by atoms with Crippen molar-refractivity contribution in [3.05, 3.63) is 45.4 Å². The standard InChI is InChI=1S/C11H10FN3O5S/c1-6-7(2)13-20-11(6)14-21(18,19)9-5-3-4-8(12)10(9)15(16)17/h3-5,14H,1-2H3. The molecule has 0 aliphatic heterocycles. The number of halogens is 1. The van der Waals surface area contributed by atoms with Gasteiger partial charge in [-0.2, -0.15) is 4.39 Å². The van der Waals surface area contributed by atoms with Crippen LogP contribution in [0.3, 0.4) is 0 Å². The lowest BCUT2D eigenvalue weighted by Crippen LogP contribution is -2.15. The van der Waals surface area contributed by atoms with Crippen LogP contribution in [0.15, 0.2) is 27.6 Å². The van der Waals surface area contributed by atoms with Crippen molar-refractivity contribution in [2.45, 2.75) is 18.7 Å². The number of anilines is 1. The van der Waals surface area contributed by atoms with Crippen LogP contribution in [-0.4, -0.2) is 18.5 Å². The van der Waals surface area contributed by atoms with Gasteiger partial charge in [0, 0.05) is 5.56 Å². The highest BCUT2D eigenvalue weighted by Gasteiger charge is 2.30. The molecular formula is C11H10FN3O5S. The zero-order valence-electron chi connectivity index (χ0n) is 11.0. The summed E-state index contributed by atoms with van der Waals surface area (Å²) < 4.78 is 44.6. The Morgan fingerprint density at radius 3 is 2.57 bits per heavy atom. The van der Waals surface area contributed by atoms with Gasteiger partial charge in [-0.15, -0.1) is 0 Å². The molecule has 2 rings (SSSR count). The molecule has 2 aromatic rings. The number of nitrogens with zero attached hydrogens (tertiary/aromatic N) is 2. The molecule has 0 radical (unpaired) electrons. The van der Waals surface area contributed by atoms with Gasteiger partial charge >= 0.3 is 5.69 Å². The molecule has 21 heavy (non-hydrogen) atoms. The Hall–Kier alpha value is -2.49. The van der Waals surface area contributed by atoms with Gasteiger partial charge in [-0.1, -0.05) is 11.2 Å². The monoisotopic (exact) mass is 315 g/mol. The van der Waals surface area contributed by atoms with E-state index >= 15 is 0 Å². The van der Waals surface area contributed by atoms with Crippen LogP contribution in [0.5, 0.6) is 0 Å². The van der Waals surface area contributed by atoms with Crippen LogP contribution in [0.2, 0.25) is 0 Å². The van der Waals surface area contributed by atoms with Crippen LogP contribution in [0.25, 0.3) is 0 Å². The SMILES string of the molecule is Cc1noc(NS(=O)(=O)c2cccc(F)c2[N+](=O)[O-])c1C.